The summed E-state index contributed by atoms with van der Waals surface area (Å²) in [6, 6.07) is 4.33. The maximum atomic E-state index is 14.0. The van der Waals surface area contributed by atoms with Gasteiger partial charge in [-0.05, 0) is 91.2 Å². The fourth-order valence-corrected chi connectivity index (χ4v) is 8.26. The molecule has 1 aliphatic heterocycles. The van der Waals surface area contributed by atoms with Gasteiger partial charge in [0.15, 0.2) is 5.78 Å². The van der Waals surface area contributed by atoms with Crippen LogP contribution in [0.3, 0.4) is 0 Å². The lowest BCUT2D eigenvalue weighted by Crippen LogP contribution is -2.59. The van der Waals surface area contributed by atoms with Crippen molar-refractivity contribution in [2.24, 2.45) is 28.6 Å². The van der Waals surface area contributed by atoms with Gasteiger partial charge in [-0.25, -0.2) is 4.79 Å². The molecule has 3 aliphatic carbocycles. The molecule has 35 heavy (non-hydrogen) atoms. The Morgan fingerprint density at radius 3 is 2.37 bits per heavy atom. The lowest BCUT2D eigenvalue weighted by atomic mass is 9.50. The molecule has 0 unspecified atom stereocenters. The zero-order valence-electron chi connectivity index (χ0n) is 22.9. The highest BCUT2D eigenvalue weighted by Crippen LogP contribution is 2.64. The van der Waals surface area contributed by atoms with Crippen molar-refractivity contribution in [3.05, 3.63) is 40.6 Å². The van der Waals surface area contributed by atoms with Crippen LogP contribution in [-0.2, 0) is 10.2 Å². The second kappa shape index (κ2) is 8.21. The van der Waals surface area contributed by atoms with E-state index in [9.17, 15) is 9.59 Å². The maximum absolute atomic E-state index is 14.0. The Balaban J connectivity index is 1.50. The van der Waals surface area contributed by atoms with Crippen LogP contribution in [0.1, 0.15) is 96.3 Å². The Morgan fingerprint density at radius 1 is 1.03 bits per heavy atom. The molecule has 190 valence electrons. The van der Waals surface area contributed by atoms with Crippen LogP contribution in [0.2, 0.25) is 0 Å². The molecule has 4 heteroatoms. The molecule has 4 nitrogen and oxygen atoms in total. The fraction of sp³-hybridized carbons (Fsp3) is 0.677. The third-order valence-electron chi connectivity index (χ3n) is 10.4. The van der Waals surface area contributed by atoms with Gasteiger partial charge in [0.2, 0.25) is 0 Å². The van der Waals surface area contributed by atoms with Crippen LogP contribution in [-0.4, -0.2) is 23.3 Å². The van der Waals surface area contributed by atoms with Crippen molar-refractivity contribution < 1.29 is 9.59 Å². The molecule has 1 aromatic rings. The van der Waals surface area contributed by atoms with Crippen molar-refractivity contribution in [2.45, 2.75) is 98.8 Å². The summed E-state index contributed by atoms with van der Waals surface area (Å²) in [6.45, 7) is 16.4. The maximum Gasteiger partial charge on any atom is 0.326 e. The molecule has 1 aromatic carbocycles. The summed E-state index contributed by atoms with van der Waals surface area (Å²) in [7, 11) is 0. The topological polar surface area (TPSA) is 49.4 Å². The summed E-state index contributed by atoms with van der Waals surface area (Å²) in [4.78, 5) is 28.5. The van der Waals surface area contributed by atoms with E-state index in [1.807, 2.05) is 11.0 Å². The highest BCUT2D eigenvalue weighted by Gasteiger charge is 2.58. The molecular weight excluding hydrogens is 432 g/mol. The smallest absolute Gasteiger partial charge is 0.307 e. The van der Waals surface area contributed by atoms with Gasteiger partial charge in [-0.1, -0.05) is 53.2 Å². The second-order valence-corrected chi connectivity index (χ2v) is 13.7. The van der Waals surface area contributed by atoms with Gasteiger partial charge in [0, 0.05) is 35.8 Å². The first-order valence-electron chi connectivity index (χ1n) is 13.8. The van der Waals surface area contributed by atoms with Gasteiger partial charge < -0.3 is 5.32 Å². The Hall–Kier alpha value is -2.10. The highest BCUT2D eigenvalue weighted by molar-refractivity contribution is 5.96. The van der Waals surface area contributed by atoms with Gasteiger partial charge in [0.1, 0.15) is 0 Å². The average molecular weight is 477 g/mol. The van der Waals surface area contributed by atoms with Gasteiger partial charge >= 0.3 is 6.03 Å². The number of hydrogen-bond acceptors (Lipinski definition) is 2. The molecule has 3 fully saturated rings. The van der Waals surface area contributed by atoms with Crippen LogP contribution < -0.4 is 5.32 Å². The number of likely N-dealkylation sites (tertiary alicyclic amines) is 1. The molecule has 0 radical (unpaired) electrons. The summed E-state index contributed by atoms with van der Waals surface area (Å²) in [5.74, 6) is 1.93. The van der Waals surface area contributed by atoms with Gasteiger partial charge in [-0.2, -0.15) is 0 Å². The van der Waals surface area contributed by atoms with E-state index in [0.717, 1.165) is 35.5 Å². The molecule has 5 rings (SSSR count). The van der Waals surface area contributed by atoms with Crippen molar-refractivity contribution in [2.75, 3.05) is 11.9 Å². The molecule has 1 heterocycles. The lowest BCUT2D eigenvalue weighted by molar-refractivity contribution is -0.118. The van der Waals surface area contributed by atoms with E-state index in [4.69, 9.17) is 0 Å². The minimum absolute atomic E-state index is 0.0595. The summed E-state index contributed by atoms with van der Waals surface area (Å²) in [6.07, 6.45) is 9.72. The van der Waals surface area contributed by atoms with Crippen molar-refractivity contribution in [1.82, 2.24) is 4.90 Å². The molecule has 4 aliphatic rings. The minimum atomic E-state index is -0.0989. The zero-order valence-corrected chi connectivity index (χ0v) is 22.9. The molecule has 0 aromatic heterocycles. The fourth-order valence-electron chi connectivity index (χ4n) is 8.26. The van der Waals surface area contributed by atoms with Crippen LogP contribution in [0.5, 0.6) is 0 Å². The van der Waals surface area contributed by atoms with Gasteiger partial charge in [-0.3, -0.25) is 9.69 Å². The van der Waals surface area contributed by atoms with Gasteiger partial charge in [-0.15, -0.1) is 0 Å². The summed E-state index contributed by atoms with van der Waals surface area (Å²) in [5.41, 5.74) is 5.72. The molecule has 2 saturated carbocycles. The monoisotopic (exact) mass is 476 g/mol. The number of aryl methyl sites for hydroxylation is 2. The predicted molar refractivity (Wildman–Crippen MR) is 142 cm³/mol. The van der Waals surface area contributed by atoms with E-state index in [1.165, 1.54) is 37.7 Å². The SMILES string of the molecule is Cc1cc(C(C)(C)C)cc(C)c1NC(=O)N1C[C@H]2[C@@H]3CCC[C@@]3(C)CC[C@@H]2[C@@]2(C)CCC(=O)C=C12. The Labute approximate surface area is 211 Å². The largest absolute Gasteiger partial charge is 0.326 e. The lowest BCUT2D eigenvalue weighted by Gasteiger charge is -2.59. The van der Waals surface area contributed by atoms with Crippen LogP contribution in [0.4, 0.5) is 10.5 Å². The average Bonchev–Trinajstić information content (AvgIpc) is 3.17. The number of carbonyl (C=O) groups excluding carboxylic acids is 2. The van der Waals surface area contributed by atoms with Crippen molar-refractivity contribution in [3.8, 4) is 0 Å². The molecule has 0 spiro atoms. The van der Waals surface area contributed by atoms with E-state index in [2.05, 4.69) is 65.9 Å². The molecule has 0 bridgehead atoms. The number of hydrogen-bond donors (Lipinski definition) is 1. The number of benzene rings is 1. The second-order valence-electron chi connectivity index (χ2n) is 13.7. The summed E-state index contributed by atoms with van der Waals surface area (Å²) < 4.78 is 0. The molecule has 2 amide bonds. The predicted octanol–water partition coefficient (Wildman–Crippen LogP) is 7.53. The Morgan fingerprint density at radius 2 is 1.71 bits per heavy atom. The van der Waals surface area contributed by atoms with Crippen molar-refractivity contribution in [1.29, 1.82) is 0 Å². The highest BCUT2D eigenvalue weighted by atomic mass is 16.2. The number of ketones is 1. The molecular formula is C31H44N2O2. The van der Waals surface area contributed by atoms with Crippen LogP contribution in [0.15, 0.2) is 23.9 Å². The number of anilines is 1. The van der Waals surface area contributed by atoms with Crippen LogP contribution in [0.25, 0.3) is 0 Å². The molecule has 5 atom stereocenters. The Kier molecular flexibility index (Phi) is 5.77. The third kappa shape index (κ3) is 3.96. The minimum Gasteiger partial charge on any atom is -0.307 e. The normalized spacial score (nSPS) is 34.6. The zero-order chi connectivity index (χ0) is 25.3. The van der Waals surface area contributed by atoms with E-state index >= 15 is 0 Å². The third-order valence-corrected chi connectivity index (χ3v) is 10.4. The first-order chi connectivity index (χ1) is 16.3. The number of rotatable bonds is 1. The quantitative estimate of drug-likeness (QED) is 0.455. The number of fused-ring (bicyclic) bond motifs is 5. The van der Waals surface area contributed by atoms with Gasteiger partial charge in [0.05, 0.1) is 0 Å². The van der Waals surface area contributed by atoms with Crippen LogP contribution in [0, 0.1) is 42.4 Å². The summed E-state index contributed by atoms with van der Waals surface area (Å²) in [5, 5.41) is 3.29. The van der Waals surface area contributed by atoms with E-state index in [-0.39, 0.29) is 22.6 Å². The number of piperidine rings is 1. The van der Waals surface area contributed by atoms with Crippen LogP contribution >= 0.6 is 0 Å². The Bertz CT molecular complexity index is 1070. The number of allylic oxidation sites excluding steroid dienone is 2. The number of urea groups is 1. The number of nitrogens with one attached hydrogen (secondary N) is 1. The summed E-state index contributed by atoms with van der Waals surface area (Å²) >= 11 is 0. The molecule has 1 saturated heterocycles. The molecule has 1 N–H and O–H groups in total. The van der Waals surface area contributed by atoms with E-state index in [0.29, 0.717) is 29.6 Å². The van der Waals surface area contributed by atoms with E-state index < -0.39 is 0 Å². The standard InChI is InChI=1S/C31H44N2O2/c1-19-15-21(29(3,4)5)16-20(2)27(19)32-28(35)33-18-23-24-9-8-12-30(24,6)13-11-25(23)31(7)14-10-22(34)17-26(31)33/h15-17,23-25H,8-14,18H2,1-7H3,(H,32,35)/t23-,24-,25-,30-,31+/m0/s1. The van der Waals surface area contributed by atoms with Crippen molar-refractivity contribution >= 4 is 17.5 Å². The first-order valence-corrected chi connectivity index (χ1v) is 13.8. The number of amides is 2. The first kappa shape index (κ1) is 24.6. The number of nitrogens with zero attached hydrogens (tertiary/aromatic N) is 1. The van der Waals surface area contributed by atoms with Gasteiger partial charge in [0.25, 0.3) is 0 Å². The number of carbonyl (C=O) groups is 2. The van der Waals surface area contributed by atoms with Crippen molar-refractivity contribution in [3.63, 3.8) is 0 Å². The van der Waals surface area contributed by atoms with E-state index in [1.54, 1.807) is 0 Å².